The Morgan fingerprint density at radius 2 is 1.36 bits per heavy atom. The summed E-state index contributed by atoms with van der Waals surface area (Å²) in [6.07, 6.45) is 1.04. The molecule has 0 aromatic rings. The van der Waals surface area contributed by atoms with Gasteiger partial charge in [-0.1, -0.05) is 0 Å². The van der Waals surface area contributed by atoms with Crippen LogP contribution in [0.5, 0.6) is 0 Å². The van der Waals surface area contributed by atoms with E-state index in [-0.39, 0.29) is 0 Å². The quantitative estimate of drug-likeness (QED) is 0.542. The van der Waals surface area contributed by atoms with Crippen LogP contribution in [0.3, 0.4) is 0 Å². The van der Waals surface area contributed by atoms with E-state index in [0.29, 0.717) is 0 Å². The van der Waals surface area contributed by atoms with Gasteiger partial charge in [-0.25, -0.2) is 0 Å². The van der Waals surface area contributed by atoms with Gasteiger partial charge < -0.3 is 0 Å². The van der Waals surface area contributed by atoms with Gasteiger partial charge in [0.2, 0.25) is 0 Å². The van der Waals surface area contributed by atoms with Crippen LogP contribution in [0.4, 0.5) is 0 Å². The van der Waals surface area contributed by atoms with Crippen LogP contribution in [0.25, 0.3) is 0 Å². The van der Waals surface area contributed by atoms with E-state index in [4.69, 9.17) is 0 Å². The van der Waals surface area contributed by atoms with Crippen molar-refractivity contribution in [3.05, 3.63) is 0 Å². The van der Waals surface area contributed by atoms with Gasteiger partial charge in [0.25, 0.3) is 0 Å². The fourth-order valence-corrected chi connectivity index (χ4v) is 11.3. The van der Waals surface area contributed by atoms with Gasteiger partial charge >= 0.3 is 76.6 Å². The number of hydrogen-bond acceptors (Lipinski definition) is 0. The van der Waals surface area contributed by atoms with E-state index < -0.39 is 21.2 Å². The van der Waals surface area contributed by atoms with Crippen molar-refractivity contribution in [1.82, 2.24) is 0 Å². The molecule has 0 fully saturated rings. The van der Waals surface area contributed by atoms with E-state index in [1.807, 2.05) is 0 Å². The molecule has 11 heavy (non-hydrogen) atoms. The zero-order valence-corrected chi connectivity index (χ0v) is 12.2. The molecule has 0 spiro atoms. The van der Waals surface area contributed by atoms with Crippen LogP contribution in [0.1, 0.15) is 34.1 Å². The van der Waals surface area contributed by atoms with Crippen molar-refractivity contribution in [3.63, 3.8) is 0 Å². The molecule has 0 bridgehead atoms. The van der Waals surface area contributed by atoms with Crippen LogP contribution in [0.2, 0.25) is 11.9 Å². The van der Waals surface area contributed by atoms with Crippen LogP contribution >= 0.6 is 0 Å². The van der Waals surface area contributed by atoms with Crippen molar-refractivity contribution >= 4 is 21.2 Å². The van der Waals surface area contributed by atoms with Gasteiger partial charge in [-0.2, -0.15) is 0 Å². The summed E-state index contributed by atoms with van der Waals surface area (Å²) >= 11 is -1.95. The number of hydrogen-bond donors (Lipinski definition) is 0. The Balaban J connectivity index is 4.28. The van der Waals surface area contributed by atoms with E-state index in [9.17, 15) is 0 Å². The first-order valence-corrected chi connectivity index (χ1v) is 14.9. The molecule has 0 heterocycles. The summed E-state index contributed by atoms with van der Waals surface area (Å²) in [6, 6.07) is 0. The molecule has 0 N–H and O–H groups in total. The molecule has 0 saturated carbocycles. The molecule has 0 unspecified atom stereocenters. The number of rotatable bonds is 3. The molecule has 0 aromatic carbocycles. The normalized spacial score (nSPS) is 10.5. The fraction of sp³-hybridized carbons (Fsp3) is 0.800. The molecule has 0 nitrogen and oxygen atoms in total. The minimum absolute atomic E-state index is 1.04. The molecule has 0 atom stereocenters. The Hall–Kier alpha value is 0.482. The summed E-state index contributed by atoms with van der Waals surface area (Å²) in [4.78, 5) is 0. The van der Waals surface area contributed by atoms with Gasteiger partial charge in [-0.15, -0.1) is 0 Å². The summed E-state index contributed by atoms with van der Waals surface area (Å²) in [6.45, 7) is 9.14. The monoisotopic (exact) mass is 348 g/mol. The minimum atomic E-state index is -1.95. The standard InChI is InChI=1S/C4H5.3C2H5.Pb/c1-3-4-2;3*1-2;/h3H2,1H3;3*1H2,2H3;. The molecule has 0 aromatic heterocycles. The van der Waals surface area contributed by atoms with Gasteiger partial charge in [-0.3, -0.25) is 0 Å². The second-order valence-electron chi connectivity index (χ2n) is 3.00. The van der Waals surface area contributed by atoms with Crippen molar-refractivity contribution in [1.29, 1.82) is 0 Å². The topological polar surface area (TPSA) is 0 Å². The van der Waals surface area contributed by atoms with Crippen LogP contribution in [0.15, 0.2) is 0 Å². The summed E-state index contributed by atoms with van der Waals surface area (Å²) in [5, 5.41) is 0. The SMILES string of the molecule is CCC#[C][Pb]([CH2]C)([CH2]C)[CH2]C. The zero-order valence-electron chi connectivity index (χ0n) is 8.33. The van der Waals surface area contributed by atoms with E-state index in [1.165, 1.54) is 11.9 Å². The molecule has 0 amide bonds. The van der Waals surface area contributed by atoms with Gasteiger partial charge in [-0.05, 0) is 0 Å². The summed E-state index contributed by atoms with van der Waals surface area (Å²) in [7, 11) is 0. The van der Waals surface area contributed by atoms with E-state index in [2.05, 4.69) is 37.1 Å². The fourth-order valence-electron chi connectivity index (χ4n) is 1.29. The van der Waals surface area contributed by atoms with Gasteiger partial charge in [0.15, 0.2) is 0 Å². The van der Waals surface area contributed by atoms with Crippen LogP contribution in [-0.2, 0) is 0 Å². The van der Waals surface area contributed by atoms with Gasteiger partial charge in [0.1, 0.15) is 0 Å². The Kier molecular flexibility index (Phi) is 6.31. The van der Waals surface area contributed by atoms with E-state index in [0.717, 1.165) is 6.42 Å². The molecule has 0 aliphatic heterocycles. The Morgan fingerprint density at radius 1 is 0.909 bits per heavy atom. The average molecular weight is 347 g/mol. The third-order valence-corrected chi connectivity index (χ3v) is 21.1. The molecule has 64 valence electrons. The first-order valence-electron chi connectivity index (χ1n) is 4.74. The predicted molar refractivity (Wildman–Crippen MR) is 55.3 cm³/mol. The molecule has 0 aliphatic rings. The molecule has 1 heteroatoms. The van der Waals surface area contributed by atoms with Gasteiger partial charge in [0.05, 0.1) is 0 Å². The molecular formula is C10H20Pb. The van der Waals surface area contributed by atoms with E-state index in [1.54, 1.807) is 0 Å². The third-order valence-electron chi connectivity index (χ3n) is 2.56. The molecule has 0 rings (SSSR count). The Bertz CT molecular complexity index is 138. The summed E-state index contributed by atoms with van der Waals surface area (Å²) < 4.78 is 7.83. The maximum absolute atomic E-state index is 3.60. The Morgan fingerprint density at radius 3 is 1.64 bits per heavy atom. The van der Waals surface area contributed by atoms with Crippen LogP contribution < -0.4 is 0 Å². The average Bonchev–Trinajstić information content (AvgIpc) is 2.08. The first kappa shape index (κ1) is 11.5. The van der Waals surface area contributed by atoms with Crippen molar-refractivity contribution in [2.75, 3.05) is 0 Å². The molecule has 0 saturated heterocycles. The van der Waals surface area contributed by atoms with Crippen molar-refractivity contribution in [2.45, 2.75) is 46.1 Å². The van der Waals surface area contributed by atoms with Crippen molar-refractivity contribution < 1.29 is 0 Å². The molecule has 0 aliphatic carbocycles. The zero-order chi connectivity index (χ0) is 8.74. The maximum atomic E-state index is 3.60. The second-order valence-corrected chi connectivity index (χ2v) is 22.2. The first-order chi connectivity index (χ1) is 5.24. The second kappa shape index (κ2) is 6.05. The van der Waals surface area contributed by atoms with Gasteiger partial charge in [0, 0.05) is 0 Å². The Labute approximate surface area is 76.4 Å². The van der Waals surface area contributed by atoms with Crippen molar-refractivity contribution in [2.24, 2.45) is 0 Å². The third kappa shape index (κ3) is 3.60. The molecular weight excluding hydrogens is 327 g/mol. The van der Waals surface area contributed by atoms with Crippen LogP contribution in [0, 0.1) is 9.40 Å². The summed E-state index contributed by atoms with van der Waals surface area (Å²) in [5.41, 5.74) is 0. The van der Waals surface area contributed by atoms with E-state index >= 15 is 0 Å². The predicted octanol–water partition coefficient (Wildman–Crippen LogP) is 3.45. The van der Waals surface area contributed by atoms with Crippen molar-refractivity contribution in [3.8, 4) is 9.40 Å². The molecule has 0 radical (unpaired) electrons. The summed E-state index contributed by atoms with van der Waals surface area (Å²) in [5.74, 6) is 3.29. The van der Waals surface area contributed by atoms with Crippen LogP contribution in [-0.4, -0.2) is 21.2 Å².